The predicted octanol–water partition coefficient (Wildman–Crippen LogP) is 3.09. The Bertz CT molecular complexity index is 1180. The van der Waals surface area contributed by atoms with Crippen LogP contribution in [0.5, 0.6) is 5.75 Å². The molecule has 0 saturated carbocycles. The van der Waals surface area contributed by atoms with Gasteiger partial charge in [-0.2, -0.15) is 10.4 Å². The molecule has 146 valence electrons. The molecule has 3 atom stereocenters. The normalized spacial score (nSPS) is 22.1. The Morgan fingerprint density at radius 1 is 1.31 bits per heavy atom. The third kappa shape index (κ3) is 2.82. The van der Waals surface area contributed by atoms with Crippen LogP contribution in [-0.4, -0.2) is 26.2 Å². The number of anilines is 1. The second-order valence-electron chi connectivity index (χ2n) is 7.49. The minimum Gasteiger partial charge on any atom is -0.482 e. The van der Waals surface area contributed by atoms with Gasteiger partial charge in [0.25, 0.3) is 0 Å². The van der Waals surface area contributed by atoms with E-state index in [1.807, 2.05) is 13.0 Å². The zero-order valence-corrected chi connectivity index (χ0v) is 16.1. The summed E-state index contributed by atoms with van der Waals surface area (Å²) in [6.07, 6.45) is 1.22. The summed E-state index contributed by atoms with van der Waals surface area (Å²) in [6.45, 7) is 3.29. The fourth-order valence-corrected chi connectivity index (χ4v) is 4.10. The summed E-state index contributed by atoms with van der Waals surface area (Å²) in [5, 5.41) is 14.3. The largest absolute Gasteiger partial charge is 0.482 e. The zero-order chi connectivity index (χ0) is 20.3. The first kappa shape index (κ1) is 17.6. The summed E-state index contributed by atoms with van der Waals surface area (Å²) >= 11 is 0. The quantitative estimate of drug-likeness (QED) is 0.593. The molecule has 8 heteroatoms. The van der Waals surface area contributed by atoms with Crippen LogP contribution in [-0.2, 0) is 13.6 Å². The molecule has 4 heterocycles. The van der Waals surface area contributed by atoms with E-state index in [4.69, 9.17) is 10.5 Å². The molecule has 2 aliphatic rings. The van der Waals surface area contributed by atoms with E-state index in [2.05, 4.69) is 21.1 Å². The summed E-state index contributed by atoms with van der Waals surface area (Å²) in [7, 11) is 1.76. The van der Waals surface area contributed by atoms with Gasteiger partial charge in [0.2, 0.25) is 0 Å². The molecule has 1 fully saturated rings. The van der Waals surface area contributed by atoms with E-state index < -0.39 is 6.10 Å². The van der Waals surface area contributed by atoms with Crippen LogP contribution in [0.15, 0.2) is 30.5 Å². The van der Waals surface area contributed by atoms with E-state index in [0.717, 1.165) is 34.5 Å². The molecule has 2 aliphatic heterocycles. The van der Waals surface area contributed by atoms with Crippen molar-refractivity contribution in [3.05, 3.63) is 58.8 Å². The maximum atomic E-state index is 14.0. The van der Waals surface area contributed by atoms with E-state index in [0.29, 0.717) is 18.0 Å². The topological polar surface area (TPSA) is 92.8 Å². The van der Waals surface area contributed by atoms with Gasteiger partial charge in [0, 0.05) is 43.5 Å². The third-order valence-electron chi connectivity index (χ3n) is 5.61. The Kier molecular flexibility index (Phi) is 3.83. The van der Waals surface area contributed by atoms with Gasteiger partial charge in [-0.15, -0.1) is 0 Å². The number of pyridine rings is 1. The van der Waals surface area contributed by atoms with Crippen molar-refractivity contribution in [1.29, 1.82) is 5.26 Å². The van der Waals surface area contributed by atoms with Crippen LogP contribution >= 0.6 is 0 Å². The van der Waals surface area contributed by atoms with Crippen molar-refractivity contribution >= 4 is 5.82 Å². The number of ether oxygens (including phenoxy) is 1. The van der Waals surface area contributed by atoms with Gasteiger partial charge in [-0.1, -0.05) is 6.07 Å². The molecule has 2 N–H and O–H groups in total. The van der Waals surface area contributed by atoms with Crippen molar-refractivity contribution < 1.29 is 9.13 Å². The molecule has 0 radical (unpaired) electrons. The fourth-order valence-electron chi connectivity index (χ4n) is 4.10. The lowest BCUT2D eigenvalue weighted by molar-refractivity contribution is 0.225. The first-order chi connectivity index (χ1) is 14.0. The average molecular weight is 390 g/mol. The number of nitrogens with two attached hydrogens (primary N) is 1. The van der Waals surface area contributed by atoms with Gasteiger partial charge in [-0.25, -0.2) is 9.37 Å². The molecule has 29 heavy (non-hydrogen) atoms. The highest BCUT2D eigenvalue weighted by Crippen LogP contribution is 2.43. The van der Waals surface area contributed by atoms with Crippen molar-refractivity contribution in [2.45, 2.75) is 25.6 Å². The highest BCUT2D eigenvalue weighted by Gasteiger charge is 2.39. The molecule has 2 aromatic heterocycles. The minimum atomic E-state index is -0.411. The van der Waals surface area contributed by atoms with Gasteiger partial charge in [0.05, 0.1) is 5.69 Å². The molecule has 7 nitrogen and oxygen atoms in total. The number of nitrogens with zero attached hydrogens (tertiary/aromatic N) is 5. The van der Waals surface area contributed by atoms with Crippen molar-refractivity contribution in [2.75, 3.05) is 12.3 Å². The van der Waals surface area contributed by atoms with Crippen LogP contribution < -0.4 is 10.5 Å². The van der Waals surface area contributed by atoms with Crippen LogP contribution in [0.3, 0.4) is 0 Å². The first-order valence-electron chi connectivity index (χ1n) is 9.38. The number of fused-ring (bicyclic) bond motifs is 7. The number of hydrogen-bond donors (Lipinski definition) is 1. The van der Waals surface area contributed by atoms with E-state index in [-0.39, 0.29) is 17.7 Å². The number of nitrogen functional groups attached to an aromatic ring is 1. The molecule has 1 aromatic carbocycles. The summed E-state index contributed by atoms with van der Waals surface area (Å²) in [5.74, 6) is 0.341. The van der Waals surface area contributed by atoms with Gasteiger partial charge in [0.15, 0.2) is 11.6 Å². The lowest BCUT2D eigenvalue weighted by atomic mass is 9.99. The van der Waals surface area contributed by atoms with Gasteiger partial charge in [-0.05, 0) is 36.2 Å². The monoisotopic (exact) mass is 390 g/mol. The highest BCUT2D eigenvalue weighted by molar-refractivity contribution is 5.73. The number of benzene rings is 1. The first-order valence-corrected chi connectivity index (χ1v) is 9.38. The second-order valence-corrected chi connectivity index (χ2v) is 7.49. The summed E-state index contributed by atoms with van der Waals surface area (Å²) < 4.78 is 21.7. The van der Waals surface area contributed by atoms with Crippen LogP contribution in [0, 0.1) is 17.1 Å². The van der Waals surface area contributed by atoms with Gasteiger partial charge >= 0.3 is 0 Å². The number of rotatable bonds is 0. The number of nitriles is 1. The van der Waals surface area contributed by atoms with Crippen LogP contribution in [0.1, 0.15) is 41.6 Å². The maximum absolute atomic E-state index is 14.0. The second kappa shape index (κ2) is 6.29. The third-order valence-corrected chi connectivity index (χ3v) is 5.61. The van der Waals surface area contributed by atoms with Crippen LogP contribution in [0.2, 0.25) is 0 Å². The van der Waals surface area contributed by atoms with Crippen molar-refractivity contribution in [3.8, 4) is 22.9 Å². The van der Waals surface area contributed by atoms with Crippen LogP contribution in [0.4, 0.5) is 10.2 Å². The Hall–Kier alpha value is -3.44. The molecule has 2 bridgehead atoms. The van der Waals surface area contributed by atoms with Crippen molar-refractivity contribution in [1.82, 2.24) is 19.7 Å². The Balaban J connectivity index is 1.72. The Labute approximate surface area is 167 Å². The molecule has 0 amide bonds. The molecule has 1 saturated heterocycles. The predicted molar refractivity (Wildman–Crippen MR) is 104 cm³/mol. The van der Waals surface area contributed by atoms with E-state index in [1.54, 1.807) is 24.0 Å². The fraction of sp³-hybridized carbons (Fsp3) is 0.286. The van der Waals surface area contributed by atoms with Gasteiger partial charge in [0.1, 0.15) is 23.7 Å². The van der Waals surface area contributed by atoms with Gasteiger partial charge in [-0.3, -0.25) is 9.58 Å². The van der Waals surface area contributed by atoms with Crippen LogP contribution in [0.25, 0.3) is 11.1 Å². The molecule has 0 spiro atoms. The molecular formula is C21H19FN6O. The van der Waals surface area contributed by atoms with Crippen molar-refractivity contribution in [2.24, 2.45) is 7.05 Å². The lowest BCUT2D eigenvalue weighted by Gasteiger charge is -2.21. The minimum absolute atomic E-state index is 0.158. The summed E-state index contributed by atoms with van der Waals surface area (Å²) in [4.78, 5) is 6.51. The van der Waals surface area contributed by atoms with Gasteiger partial charge < -0.3 is 10.5 Å². The standard InChI is InChI=1S/C21H19FN6O/c1-11-15-6-13(22)3-4-14(15)18-10-28(18)9-16-20(17(7-23)27(2)26-16)12-5-19(29-11)21(24)25-8-12/h3-6,8,11,18H,9-10H2,1-2H3,(H2,24,25)/t11-,18?,28?/m1/s1. The maximum Gasteiger partial charge on any atom is 0.166 e. The molecular weight excluding hydrogens is 371 g/mol. The molecule has 2 unspecified atom stereocenters. The summed E-state index contributed by atoms with van der Waals surface area (Å²) in [6, 6.07) is 8.99. The molecule has 3 aromatic rings. The lowest BCUT2D eigenvalue weighted by Crippen LogP contribution is -2.11. The zero-order valence-electron chi connectivity index (χ0n) is 16.1. The summed E-state index contributed by atoms with van der Waals surface area (Å²) in [5.41, 5.74) is 10.6. The number of aromatic nitrogens is 3. The van der Waals surface area contributed by atoms with E-state index >= 15 is 0 Å². The smallest absolute Gasteiger partial charge is 0.166 e. The molecule has 0 aliphatic carbocycles. The molecule has 5 rings (SSSR count). The van der Waals surface area contributed by atoms with E-state index in [1.165, 1.54) is 12.1 Å². The Morgan fingerprint density at radius 2 is 2.14 bits per heavy atom. The highest BCUT2D eigenvalue weighted by atomic mass is 19.1. The van der Waals surface area contributed by atoms with E-state index in [9.17, 15) is 9.65 Å². The average Bonchev–Trinajstić information content (AvgIpc) is 3.37. The Morgan fingerprint density at radius 3 is 2.93 bits per heavy atom. The number of aryl methyl sites for hydroxylation is 1. The van der Waals surface area contributed by atoms with Crippen molar-refractivity contribution in [3.63, 3.8) is 0 Å². The SMILES string of the molecule is C[C@H]1Oc2cc(cnc2N)-c2c(nn(C)c2C#N)CN2CC2c2ccc(F)cc21. The number of halogens is 1. The number of hydrogen-bond acceptors (Lipinski definition) is 6.